The molecule has 3 heteroatoms. The van der Waals surface area contributed by atoms with Gasteiger partial charge in [0.1, 0.15) is 0 Å². The van der Waals surface area contributed by atoms with E-state index in [4.69, 9.17) is 4.43 Å². The summed E-state index contributed by atoms with van der Waals surface area (Å²) < 4.78 is 5.86. The lowest BCUT2D eigenvalue weighted by molar-refractivity contribution is 0.0923. The average molecular weight is 290 g/mol. The van der Waals surface area contributed by atoms with Crippen LogP contribution in [0.5, 0.6) is 0 Å². The van der Waals surface area contributed by atoms with E-state index in [9.17, 15) is 4.79 Å². The van der Waals surface area contributed by atoms with E-state index >= 15 is 0 Å². The topological polar surface area (TPSA) is 26.3 Å². The molecule has 0 atom stereocenters. The van der Waals surface area contributed by atoms with E-state index in [1.54, 1.807) is 0 Å². The van der Waals surface area contributed by atoms with Gasteiger partial charge in [0.15, 0.2) is 14.1 Å². The summed E-state index contributed by atoms with van der Waals surface area (Å²) in [6.45, 7) is 7.33. The minimum atomic E-state index is -1.60. The van der Waals surface area contributed by atoms with Crippen molar-refractivity contribution in [1.29, 1.82) is 0 Å². The Hall–Kier alpha value is -0.933. The molecule has 0 aliphatic heterocycles. The third kappa shape index (κ3) is 4.03. The van der Waals surface area contributed by atoms with Crippen molar-refractivity contribution >= 4 is 14.1 Å². The minimum Gasteiger partial charge on any atom is -0.417 e. The van der Waals surface area contributed by atoms with Gasteiger partial charge in [-0.2, -0.15) is 0 Å². The molecule has 0 saturated heterocycles. The number of carbonyl (C=O) groups is 1. The van der Waals surface area contributed by atoms with Crippen LogP contribution in [0.25, 0.3) is 0 Å². The lowest BCUT2D eigenvalue weighted by Gasteiger charge is -2.22. The molecular formula is C17H26O2Si. The third-order valence-corrected chi connectivity index (χ3v) is 6.46. The van der Waals surface area contributed by atoms with Gasteiger partial charge in [0.2, 0.25) is 0 Å². The summed E-state index contributed by atoms with van der Waals surface area (Å²) >= 11 is 0. The first-order valence-corrected chi connectivity index (χ1v) is 10.9. The van der Waals surface area contributed by atoms with Gasteiger partial charge < -0.3 is 4.43 Å². The Kier molecular flexibility index (Phi) is 5.16. The Balaban J connectivity index is 2.00. The van der Waals surface area contributed by atoms with Gasteiger partial charge >= 0.3 is 0 Å². The molecule has 0 heterocycles. The number of hydrogen-bond acceptors (Lipinski definition) is 2. The van der Waals surface area contributed by atoms with E-state index < -0.39 is 8.32 Å². The summed E-state index contributed by atoms with van der Waals surface area (Å²) in [7, 11) is -1.60. The number of ketones is 1. The Morgan fingerprint density at radius 1 is 1.20 bits per heavy atom. The maximum Gasteiger partial charge on any atom is 0.190 e. The van der Waals surface area contributed by atoms with Crippen LogP contribution in [0.2, 0.25) is 13.1 Å². The molecule has 1 aromatic carbocycles. The van der Waals surface area contributed by atoms with Crippen LogP contribution in [-0.2, 0) is 10.5 Å². The highest BCUT2D eigenvalue weighted by Crippen LogP contribution is 2.28. The van der Waals surface area contributed by atoms with Crippen LogP contribution < -0.4 is 0 Å². The van der Waals surface area contributed by atoms with E-state index in [2.05, 4.69) is 32.2 Å². The van der Waals surface area contributed by atoms with Crippen LogP contribution in [-0.4, -0.2) is 20.7 Å². The Bertz CT molecular complexity index is 445. The zero-order chi connectivity index (χ0) is 14.6. The molecule has 0 radical (unpaired) electrons. The predicted octanol–water partition coefficient (Wildman–Crippen LogP) is 4.38. The highest BCUT2D eigenvalue weighted by Gasteiger charge is 2.25. The maximum atomic E-state index is 12.3. The van der Waals surface area contributed by atoms with Crippen LogP contribution in [0, 0.1) is 5.92 Å². The SMILES string of the molecule is CCO[Si](C)(C)Cc1ccc(C(=O)C2CCCC2)cc1. The third-order valence-electron chi connectivity index (χ3n) is 4.13. The maximum absolute atomic E-state index is 12.3. The lowest BCUT2D eigenvalue weighted by Crippen LogP contribution is -2.33. The van der Waals surface area contributed by atoms with Crippen molar-refractivity contribution in [2.24, 2.45) is 5.92 Å². The summed E-state index contributed by atoms with van der Waals surface area (Å²) in [6, 6.07) is 9.24. The molecule has 20 heavy (non-hydrogen) atoms. The fourth-order valence-corrected chi connectivity index (χ4v) is 5.25. The van der Waals surface area contributed by atoms with Crippen molar-refractivity contribution in [1.82, 2.24) is 0 Å². The second-order valence-corrected chi connectivity index (χ2v) is 10.6. The molecule has 1 aliphatic carbocycles. The fraction of sp³-hybridized carbons (Fsp3) is 0.588. The van der Waals surface area contributed by atoms with Crippen LogP contribution in [0.1, 0.15) is 48.5 Å². The summed E-state index contributed by atoms with van der Waals surface area (Å²) in [4.78, 5) is 12.3. The summed E-state index contributed by atoms with van der Waals surface area (Å²) in [5.41, 5.74) is 2.18. The first-order chi connectivity index (χ1) is 9.52. The molecule has 0 aromatic heterocycles. The molecule has 1 aromatic rings. The Morgan fingerprint density at radius 2 is 1.80 bits per heavy atom. The first kappa shape index (κ1) is 15.5. The van der Waals surface area contributed by atoms with Gasteiger partial charge in [-0.15, -0.1) is 0 Å². The van der Waals surface area contributed by atoms with Gasteiger partial charge in [-0.3, -0.25) is 4.79 Å². The molecule has 0 bridgehead atoms. The van der Waals surface area contributed by atoms with Crippen LogP contribution in [0.15, 0.2) is 24.3 Å². The normalized spacial score (nSPS) is 16.6. The molecule has 110 valence electrons. The van der Waals surface area contributed by atoms with Crippen molar-refractivity contribution in [3.63, 3.8) is 0 Å². The zero-order valence-electron chi connectivity index (χ0n) is 12.9. The second kappa shape index (κ2) is 6.68. The molecule has 1 saturated carbocycles. The number of benzene rings is 1. The molecular weight excluding hydrogens is 264 g/mol. The fourth-order valence-electron chi connectivity index (χ4n) is 3.14. The van der Waals surface area contributed by atoms with Gasteiger partial charge in [0, 0.05) is 18.1 Å². The number of carbonyl (C=O) groups excluding carboxylic acids is 1. The predicted molar refractivity (Wildman–Crippen MR) is 85.5 cm³/mol. The first-order valence-electron chi connectivity index (χ1n) is 7.79. The average Bonchev–Trinajstić information content (AvgIpc) is 2.92. The van der Waals surface area contributed by atoms with Gasteiger partial charge in [0.25, 0.3) is 0 Å². The summed E-state index contributed by atoms with van der Waals surface area (Å²) in [6.07, 6.45) is 4.57. The van der Waals surface area contributed by atoms with E-state index in [1.807, 2.05) is 12.1 Å². The largest absolute Gasteiger partial charge is 0.417 e. The quantitative estimate of drug-likeness (QED) is 0.574. The number of Topliss-reactive ketones (excluding diaryl/α,β-unsaturated/α-hetero) is 1. The van der Waals surface area contributed by atoms with E-state index in [-0.39, 0.29) is 5.92 Å². The standard InChI is InChI=1S/C17H26O2Si/c1-4-19-20(2,3)13-14-9-11-16(12-10-14)17(18)15-7-5-6-8-15/h9-12,15H,4-8,13H2,1-3H3. The van der Waals surface area contributed by atoms with Crippen molar-refractivity contribution in [3.05, 3.63) is 35.4 Å². The van der Waals surface area contributed by atoms with Crippen molar-refractivity contribution in [2.75, 3.05) is 6.61 Å². The minimum absolute atomic E-state index is 0.273. The molecule has 1 fully saturated rings. The van der Waals surface area contributed by atoms with Gasteiger partial charge in [-0.05, 0) is 44.5 Å². The molecule has 0 spiro atoms. The number of hydrogen-bond donors (Lipinski definition) is 0. The molecule has 2 rings (SSSR count). The van der Waals surface area contributed by atoms with E-state index in [1.165, 1.54) is 18.4 Å². The second-order valence-electron chi connectivity index (χ2n) is 6.41. The highest BCUT2D eigenvalue weighted by atomic mass is 28.4. The summed E-state index contributed by atoms with van der Waals surface area (Å²) in [5.74, 6) is 0.616. The van der Waals surface area contributed by atoms with Gasteiger partial charge in [0.05, 0.1) is 0 Å². The monoisotopic (exact) mass is 290 g/mol. The molecule has 2 nitrogen and oxygen atoms in total. The van der Waals surface area contributed by atoms with Crippen LogP contribution in [0.3, 0.4) is 0 Å². The van der Waals surface area contributed by atoms with Crippen molar-refractivity contribution in [3.8, 4) is 0 Å². The Labute approximate surface area is 123 Å². The zero-order valence-corrected chi connectivity index (χ0v) is 13.9. The van der Waals surface area contributed by atoms with Crippen molar-refractivity contribution < 1.29 is 9.22 Å². The molecule has 0 amide bonds. The highest BCUT2D eigenvalue weighted by molar-refractivity contribution is 6.70. The molecule has 0 unspecified atom stereocenters. The summed E-state index contributed by atoms with van der Waals surface area (Å²) in [5, 5.41) is 0. The van der Waals surface area contributed by atoms with Crippen molar-refractivity contribution in [2.45, 2.75) is 51.7 Å². The van der Waals surface area contributed by atoms with E-state index in [0.717, 1.165) is 31.1 Å². The van der Waals surface area contributed by atoms with Crippen LogP contribution >= 0.6 is 0 Å². The molecule has 0 N–H and O–H groups in total. The number of rotatable bonds is 6. The lowest BCUT2D eigenvalue weighted by atomic mass is 9.96. The Morgan fingerprint density at radius 3 is 2.35 bits per heavy atom. The van der Waals surface area contributed by atoms with Crippen LogP contribution in [0.4, 0.5) is 0 Å². The molecule has 1 aliphatic rings. The van der Waals surface area contributed by atoms with E-state index in [0.29, 0.717) is 5.78 Å². The smallest absolute Gasteiger partial charge is 0.190 e. The van der Waals surface area contributed by atoms with Gasteiger partial charge in [-0.25, -0.2) is 0 Å². The van der Waals surface area contributed by atoms with Gasteiger partial charge in [-0.1, -0.05) is 37.1 Å².